The number of fused-ring (bicyclic) bond motifs is 1. The van der Waals surface area contributed by atoms with Crippen LogP contribution < -0.4 is 15.0 Å². The van der Waals surface area contributed by atoms with Gasteiger partial charge >= 0.3 is 0 Å². The number of aryl methyl sites for hydroxylation is 2. The van der Waals surface area contributed by atoms with Gasteiger partial charge in [-0.05, 0) is 51.2 Å². The number of halogens is 1. The summed E-state index contributed by atoms with van der Waals surface area (Å²) in [5.41, 5.74) is 1.41. The van der Waals surface area contributed by atoms with Crippen LogP contribution in [-0.2, 0) is 4.74 Å². The Labute approximate surface area is 196 Å². The number of aromatic nitrogens is 3. The number of rotatable bonds is 5. The molecule has 4 heterocycles. The van der Waals surface area contributed by atoms with Gasteiger partial charge in [0.05, 0.1) is 23.3 Å². The topological polar surface area (TPSA) is 85.5 Å². The fourth-order valence-corrected chi connectivity index (χ4v) is 4.84. The number of anilines is 1. The Kier molecular flexibility index (Phi) is 5.21. The van der Waals surface area contributed by atoms with Gasteiger partial charge in [-0.3, -0.25) is 0 Å². The molecule has 1 N–H and O–H groups in total. The highest BCUT2D eigenvalue weighted by atomic mass is 19.1. The number of hydrogen-bond donors (Lipinski definition) is 1. The largest absolute Gasteiger partial charge is 0.497 e. The second kappa shape index (κ2) is 9.23. The lowest BCUT2D eigenvalue weighted by molar-refractivity contribution is 0.0650. The molecule has 8 nitrogen and oxygen atoms in total. The molecule has 3 aromatic rings. The second-order valence-electron chi connectivity index (χ2n) is 8.83. The van der Waals surface area contributed by atoms with Gasteiger partial charge in [-0.2, -0.15) is 4.98 Å². The first kappa shape index (κ1) is 18.6. The van der Waals surface area contributed by atoms with E-state index in [2.05, 4.69) is 20.4 Å². The van der Waals surface area contributed by atoms with Crippen LogP contribution in [0.4, 0.5) is 10.2 Å². The van der Waals surface area contributed by atoms with Crippen LogP contribution in [0.1, 0.15) is 41.2 Å². The molecule has 0 radical (unpaired) electrons. The zero-order chi connectivity index (χ0) is 25.4. The number of piperidine rings is 1. The number of benzene rings is 1. The first-order valence-corrected chi connectivity index (χ1v) is 11.4. The molecule has 33 heavy (non-hydrogen) atoms. The van der Waals surface area contributed by atoms with E-state index in [1.165, 1.54) is 6.07 Å². The Morgan fingerprint density at radius 1 is 1.18 bits per heavy atom. The lowest BCUT2D eigenvalue weighted by Crippen LogP contribution is -2.48. The maximum atomic E-state index is 15.2. The van der Waals surface area contributed by atoms with E-state index in [0.717, 1.165) is 58.1 Å². The van der Waals surface area contributed by atoms with Crippen molar-refractivity contribution < 1.29 is 22.5 Å². The highest BCUT2D eigenvalue weighted by Gasteiger charge is 2.29. The first-order valence-electron chi connectivity index (χ1n) is 12.9. The smallest absolute Gasteiger partial charge is 0.261 e. The average molecular weight is 459 g/mol. The van der Waals surface area contributed by atoms with Gasteiger partial charge in [0.1, 0.15) is 17.1 Å². The Balaban J connectivity index is 1.49. The average Bonchev–Trinajstić information content (AvgIpc) is 3.25. The third-order valence-electron chi connectivity index (χ3n) is 6.54. The van der Waals surface area contributed by atoms with E-state index >= 15 is 4.39 Å². The molecule has 176 valence electrons. The van der Waals surface area contributed by atoms with Crippen molar-refractivity contribution in [2.45, 2.75) is 51.6 Å². The minimum atomic E-state index is -2.70. The van der Waals surface area contributed by atoms with E-state index in [-0.39, 0.29) is 17.2 Å². The van der Waals surface area contributed by atoms with E-state index in [1.54, 1.807) is 6.92 Å². The van der Waals surface area contributed by atoms with E-state index in [9.17, 15) is 0 Å². The van der Waals surface area contributed by atoms with Crippen molar-refractivity contribution in [1.82, 2.24) is 20.4 Å². The van der Waals surface area contributed by atoms with Gasteiger partial charge in [-0.15, -0.1) is 0 Å². The van der Waals surface area contributed by atoms with E-state index < -0.39 is 12.9 Å². The molecule has 1 aromatic carbocycles. The molecule has 2 fully saturated rings. The van der Waals surface area contributed by atoms with Gasteiger partial charge in [-0.1, -0.05) is 5.16 Å². The van der Waals surface area contributed by atoms with E-state index in [0.29, 0.717) is 40.2 Å². The van der Waals surface area contributed by atoms with Crippen LogP contribution in [0.5, 0.6) is 5.75 Å². The third-order valence-corrected chi connectivity index (χ3v) is 6.54. The van der Waals surface area contributed by atoms with E-state index in [4.69, 9.17) is 23.1 Å². The zero-order valence-electron chi connectivity index (χ0n) is 21.9. The highest BCUT2D eigenvalue weighted by Crippen LogP contribution is 2.38. The minimum Gasteiger partial charge on any atom is -0.497 e. The normalized spacial score (nSPS) is 21.6. The number of nitrogens with one attached hydrogen (secondary N) is 1. The van der Waals surface area contributed by atoms with Crippen LogP contribution in [-0.4, -0.2) is 60.5 Å². The predicted octanol–water partition coefficient (Wildman–Crippen LogP) is 3.79. The van der Waals surface area contributed by atoms with Crippen molar-refractivity contribution in [2.24, 2.45) is 0 Å². The fourth-order valence-electron chi connectivity index (χ4n) is 4.84. The molecule has 9 heteroatoms. The highest BCUT2D eigenvalue weighted by molar-refractivity contribution is 5.93. The van der Waals surface area contributed by atoms with Crippen molar-refractivity contribution in [1.29, 1.82) is 0 Å². The summed E-state index contributed by atoms with van der Waals surface area (Å²) in [6.07, 6.45) is 4.02. The van der Waals surface area contributed by atoms with Crippen molar-refractivity contribution in [3.63, 3.8) is 0 Å². The summed E-state index contributed by atoms with van der Waals surface area (Å²) in [6, 6.07) is 3.31. The monoisotopic (exact) mass is 458 g/mol. The zero-order valence-corrected chi connectivity index (χ0v) is 18.9. The summed E-state index contributed by atoms with van der Waals surface area (Å²) in [7, 11) is -2.70. The number of hydrogen-bond acceptors (Lipinski definition) is 8. The van der Waals surface area contributed by atoms with Crippen LogP contribution in [0.15, 0.2) is 16.7 Å². The predicted molar refractivity (Wildman–Crippen MR) is 123 cm³/mol. The van der Waals surface area contributed by atoms with Crippen LogP contribution in [0.3, 0.4) is 0 Å². The number of pyridine rings is 1. The molecule has 2 aromatic heterocycles. The van der Waals surface area contributed by atoms with Crippen molar-refractivity contribution in [2.75, 3.05) is 38.2 Å². The molecule has 0 aliphatic carbocycles. The molecule has 1 atom stereocenters. The van der Waals surface area contributed by atoms with Gasteiger partial charge < -0.3 is 24.2 Å². The molecular weight excluding hydrogens is 425 g/mol. The molecule has 2 aliphatic rings. The van der Waals surface area contributed by atoms with Crippen LogP contribution >= 0.6 is 0 Å². The summed E-state index contributed by atoms with van der Waals surface area (Å²) < 4.78 is 53.4. The van der Waals surface area contributed by atoms with Crippen molar-refractivity contribution in [3.05, 3.63) is 29.3 Å². The molecule has 5 rings (SSSR count). The molecule has 2 saturated heterocycles. The summed E-state index contributed by atoms with van der Waals surface area (Å²) in [5, 5.41) is 8.08. The second-order valence-corrected chi connectivity index (χ2v) is 8.83. The lowest BCUT2D eigenvalue weighted by atomic mass is 9.99. The molecule has 0 spiro atoms. The van der Waals surface area contributed by atoms with Gasteiger partial charge in [0.2, 0.25) is 0 Å². The number of nitrogens with zero attached hydrogens (tertiary/aromatic N) is 4. The van der Waals surface area contributed by atoms with Crippen LogP contribution in [0.25, 0.3) is 22.4 Å². The summed E-state index contributed by atoms with van der Waals surface area (Å²) >= 11 is 0. The lowest BCUT2D eigenvalue weighted by Gasteiger charge is -2.36. The summed E-state index contributed by atoms with van der Waals surface area (Å²) in [4.78, 5) is 11.3. The van der Waals surface area contributed by atoms with E-state index in [1.807, 2.05) is 6.92 Å². The molecule has 0 amide bonds. The molecular formula is C24H30FN5O3. The molecule has 0 unspecified atom stereocenters. The fraction of sp³-hybridized carbons (Fsp3) is 0.542. The standard InChI is InChI=1S/C24H30FN5O3/c1-14-19-11-18(31-3)12-20(25)22(19)28-23(21(14)24-26-15(2)29-33-24)30-8-6-16(7-9-30)27-17-5-4-10-32-13-17/h11-12,16-17,27H,4-10,13H2,1-3H3/t17-/m1/s1/i3D3. The quantitative estimate of drug-likeness (QED) is 0.618. The Bertz CT molecular complexity index is 1240. The number of ether oxygens (including phenoxy) is 2. The van der Waals surface area contributed by atoms with Crippen LogP contribution in [0, 0.1) is 19.7 Å². The minimum absolute atomic E-state index is 0.0936. The van der Waals surface area contributed by atoms with Crippen LogP contribution in [0.2, 0.25) is 0 Å². The molecule has 0 saturated carbocycles. The molecule has 2 aliphatic heterocycles. The summed E-state index contributed by atoms with van der Waals surface area (Å²) in [5.74, 6) is 0.587. The molecule has 0 bridgehead atoms. The first-order chi connectivity index (χ1) is 17.2. The Morgan fingerprint density at radius 3 is 2.73 bits per heavy atom. The van der Waals surface area contributed by atoms with Gasteiger partial charge in [0.25, 0.3) is 5.89 Å². The van der Waals surface area contributed by atoms with Crippen molar-refractivity contribution >= 4 is 16.7 Å². The number of methoxy groups -OCH3 is 1. The third kappa shape index (κ3) is 4.39. The summed E-state index contributed by atoms with van der Waals surface area (Å²) in [6.45, 7) is 6.58. The Morgan fingerprint density at radius 2 is 2.03 bits per heavy atom. The Hall–Kier alpha value is -2.78. The van der Waals surface area contributed by atoms with Gasteiger partial charge in [0.15, 0.2) is 11.6 Å². The van der Waals surface area contributed by atoms with Crippen molar-refractivity contribution in [3.8, 4) is 17.2 Å². The van der Waals surface area contributed by atoms with Gasteiger partial charge in [-0.25, -0.2) is 9.37 Å². The maximum absolute atomic E-state index is 15.2. The van der Waals surface area contributed by atoms with Gasteiger partial charge in [0, 0.05) is 43.2 Å². The SMILES string of the molecule is [2H]C([2H])([2H])Oc1cc(F)c2nc(N3CCC(N[C@@H]4CCCOC4)CC3)c(-c3nc(C)no3)c(C)c2c1. The maximum Gasteiger partial charge on any atom is 0.261 e.